The molecule has 0 aliphatic rings. The highest BCUT2D eigenvalue weighted by Crippen LogP contribution is 2.30. The molecule has 5 heteroatoms. The molecule has 2 aromatic rings. The van der Waals surface area contributed by atoms with Gasteiger partial charge in [-0.15, -0.1) is 0 Å². The zero-order valence-corrected chi connectivity index (χ0v) is 12.5. The topological polar surface area (TPSA) is 37.8 Å². The lowest BCUT2D eigenvalue weighted by Crippen LogP contribution is -2.01. The maximum absolute atomic E-state index is 6.06. The molecule has 2 rings (SSSR count). The van der Waals surface area contributed by atoms with Gasteiger partial charge < -0.3 is 5.32 Å². The molecule has 0 aliphatic heterocycles. The largest absolute Gasteiger partial charge is 0.339 e. The van der Waals surface area contributed by atoms with Crippen LogP contribution >= 0.6 is 27.5 Å². The molecule has 0 radical (unpaired) electrons. The average molecular weight is 327 g/mol. The molecule has 1 aromatic heterocycles. The van der Waals surface area contributed by atoms with Gasteiger partial charge in [-0.1, -0.05) is 30.7 Å². The minimum Gasteiger partial charge on any atom is -0.339 e. The minimum absolute atomic E-state index is 0.499. The summed E-state index contributed by atoms with van der Waals surface area (Å²) in [7, 11) is 0. The van der Waals surface area contributed by atoms with Crippen molar-refractivity contribution in [2.24, 2.45) is 0 Å². The van der Waals surface area contributed by atoms with Crippen LogP contribution < -0.4 is 5.32 Å². The van der Waals surface area contributed by atoms with E-state index in [0.717, 1.165) is 28.0 Å². The molecule has 0 fully saturated rings. The monoisotopic (exact) mass is 325 g/mol. The second-order valence-electron chi connectivity index (χ2n) is 3.91. The highest BCUT2D eigenvalue weighted by Gasteiger charge is 2.10. The number of nitrogens with zero attached hydrogens (tertiary/aromatic N) is 2. The molecule has 94 valence electrons. The minimum atomic E-state index is 0.499. The van der Waals surface area contributed by atoms with Crippen LogP contribution in [0.2, 0.25) is 5.15 Å². The predicted molar refractivity (Wildman–Crippen MR) is 78.6 cm³/mol. The first-order valence-electron chi connectivity index (χ1n) is 5.65. The fraction of sp³-hybridized carbons (Fsp3) is 0.231. The van der Waals surface area contributed by atoms with Crippen LogP contribution in [0.15, 0.2) is 29.0 Å². The van der Waals surface area contributed by atoms with Crippen LogP contribution in [0.5, 0.6) is 0 Å². The van der Waals surface area contributed by atoms with Gasteiger partial charge in [-0.05, 0) is 40.9 Å². The molecular formula is C13H13BrClN3. The number of halogens is 2. The lowest BCUT2D eigenvalue weighted by Gasteiger charge is -2.12. The Bertz CT molecular complexity index is 572. The van der Waals surface area contributed by atoms with Crippen molar-refractivity contribution < 1.29 is 0 Å². The van der Waals surface area contributed by atoms with Crippen LogP contribution in [0, 0.1) is 6.92 Å². The molecule has 0 amide bonds. The molecule has 0 saturated heterocycles. The van der Waals surface area contributed by atoms with Gasteiger partial charge in [-0.3, -0.25) is 0 Å². The van der Waals surface area contributed by atoms with Gasteiger partial charge in [0.1, 0.15) is 17.3 Å². The van der Waals surface area contributed by atoms with E-state index in [2.05, 4.69) is 31.2 Å². The molecule has 18 heavy (non-hydrogen) atoms. The Morgan fingerprint density at radius 3 is 2.83 bits per heavy atom. The summed E-state index contributed by atoms with van der Waals surface area (Å²) in [6.45, 7) is 4.07. The lowest BCUT2D eigenvalue weighted by atomic mass is 10.2. The third kappa shape index (κ3) is 2.65. The Kier molecular flexibility index (Phi) is 4.19. The van der Waals surface area contributed by atoms with Crippen molar-refractivity contribution >= 4 is 39.0 Å². The highest BCUT2D eigenvalue weighted by atomic mass is 79.9. The molecule has 0 aliphatic carbocycles. The molecule has 1 aromatic carbocycles. The maximum atomic E-state index is 6.06. The Balaban J connectivity index is 2.40. The first-order chi connectivity index (χ1) is 8.63. The van der Waals surface area contributed by atoms with Crippen molar-refractivity contribution in [1.29, 1.82) is 0 Å². The zero-order valence-electron chi connectivity index (χ0n) is 10.2. The fourth-order valence-electron chi connectivity index (χ4n) is 1.68. The van der Waals surface area contributed by atoms with E-state index in [1.54, 1.807) is 0 Å². The van der Waals surface area contributed by atoms with E-state index in [0.29, 0.717) is 5.15 Å². The van der Waals surface area contributed by atoms with Crippen molar-refractivity contribution in [3.05, 3.63) is 45.3 Å². The number of nitrogens with one attached hydrogen (secondary N) is 1. The number of benzene rings is 1. The fourth-order valence-corrected chi connectivity index (χ4v) is 2.31. The molecule has 1 heterocycles. The van der Waals surface area contributed by atoms with Gasteiger partial charge in [0.25, 0.3) is 0 Å². The molecule has 0 spiro atoms. The van der Waals surface area contributed by atoms with E-state index in [-0.39, 0.29) is 0 Å². The second-order valence-corrected chi connectivity index (χ2v) is 5.06. The Morgan fingerprint density at radius 2 is 2.11 bits per heavy atom. The van der Waals surface area contributed by atoms with Crippen molar-refractivity contribution in [2.75, 3.05) is 5.32 Å². The molecule has 0 saturated carbocycles. The van der Waals surface area contributed by atoms with Gasteiger partial charge in [-0.2, -0.15) is 0 Å². The molecular weight excluding hydrogens is 314 g/mol. The second kappa shape index (κ2) is 5.67. The number of anilines is 2. The van der Waals surface area contributed by atoms with Crippen molar-refractivity contribution in [3.8, 4) is 0 Å². The van der Waals surface area contributed by atoms with E-state index in [1.807, 2.05) is 32.0 Å². The molecule has 0 bridgehead atoms. The van der Waals surface area contributed by atoms with Gasteiger partial charge in [0.15, 0.2) is 0 Å². The van der Waals surface area contributed by atoms with Crippen LogP contribution in [0.25, 0.3) is 0 Å². The number of hydrogen-bond acceptors (Lipinski definition) is 3. The van der Waals surface area contributed by atoms with E-state index in [1.165, 1.54) is 11.9 Å². The van der Waals surface area contributed by atoms with Crippen LogP contribution in [0.4, 0.5) is 11.5 Å². The van der Waals surface area contributed by atoms with E-state index in [4.69, 9.17) is 11.6 Å². The third-order valence-electron chi connectivity index (χ3n) is 2.69. The molecule has 1 N–H and O–H groups in total. The van der Waals surface area contributed by atoms with Crippen LogP contribution in [-0.4, -0.2) is 9.97 Å². The third-order valence-corrected chi connectivity index (χ3v) is 4.07. The SMILES string of the molecule is CCc1c(Cl)ncnc1Nc1cccc(C)c1Br. The quantitative estimate of drug-likeness (QED) is 0.843. The Labute approximate surface area is 120 Å². The summed E-state index contributed by atoms with van der Waals surface area (Å²) in [5.41, 5.74) is 3.06. The summed E-state index contributed by atoms with van der Waals surface area (Å²) in [4.78, 5) is 8.24. The number of hydrogen-bond donors (Lipinski definition) is 1. The maximum Gasteiger partial charge on any atom is 0.138 e. The van der Waals surface area contributed by atoms with Crippen molar-refractivity contribution in [3.63, 3.8) is 0 Å². The highest BCUT2D eigenvalue weighted by molar-refractivity contribution is 9.10. The van der Waals surface area contributed by atoms with Gasteiger partial charge >= 0.3 is 0 Å². The Hall–Kier alpha value is -1.13. The molecule has 0 unspecified atom stereocenters. The summed E-state index contributed by atoms with van der Waals surface area (Å²) in [5.74, 6) is 0.754. The van der Waals surface area contributed by atoms with E-state index in [9.17, 15) is 0 Å². The number of rotatable bonds is 3. The lowest BCUT2D eigenvalue weighted by molar-refractivity contribution is 1.05. The van der Waals surface area contributed by atoms with Crippen LogP contribution in [-0.2, 0) is 6.42 Å². The zero-order chi connectivity index (χ0) is 13.1. The number of aryl methyl sites for hydroxylation is 1. The predicted octanol–water partition coefficient (Wildman–Crippen LogP) is 4.51. The smallest absolute Gasteiger partial charge is 0.138 e. The van der Waals surface area contributed by atoms with Crippen LogP contribution in [0.3, 0.4) is 0 Å². The van der Waals surface area contributed by atoms with E-state index < -0.39 is 0 Å². The van der Waals surface area contributed by atoms with Gasteiger partial charge in [0.05, 0.1) is 5.69 Å². The average Bonchev–Trinajstić information content (AvgIpc) is 2.35. The van der Waals surface area contributed by atoms with E-state index >= 15 is 0 Å². The standard InChI is InChI=1S/C13H13BrClN3/c1-3-9-12(15)16-7-17-13(9)18-10-6-4-5-8(2)11(10)14/h4-7H,3H2,1-2H3,(H,16,17,18). The Morgan fingerprint density at radius 1 is 1.33 bits per heavy atom. The van der Waals surface area contributed by atoms with Gasteiger partial charge in [0, 0.05) is 10.0 Å². The van der Waals surface area contributed by atoms with Crippen molar-refractivity contribution in [2.45, 2.75) is 20.3 Å². The van der Waals surface area contributed by atoms with Crippen LogP contribution in [0.1, 0.15) is 18.1 Å². The first-order valence-corrected chi connectivity index (χ1v) is 6.82. The number of aromatic nitrogens is 2. The first kappa shape index (κ1) is 13.3. The summed E-state index contributed by atoms with van der Waals surface area (Å²) in [6.07, 6.45) is 2.25. The molecule has 3 nitrogen and oxygen atoms in total. The summed E-state index contributed by atoms with van der Waals surface area (Å²) in [5, 5.41) is 3.79. The van der Waals surface area contributed by atoms with Gasteiger partial charge in [-0.25, -0.2) is 9.97 Å². The summed E-state index contributed by atoms with van der Waals surface area (Å²) in [6, 6.07) is 6.03. The molecule has 0 atom stereocenters. The van der Waals surface area contributed by atoms with Crippen molar-refractivity contribution in [1.82, 2.24) is 9.97 Å². The normalized spacial score (nSPS) is 10.4. The van der Waals surface area contributed by atoms with Gasteiger partial charge in [0.2, 0.25) is 0 Å². The summed E-state index contributed by atoms with van der Waals surface area (Å²) >= 11 is 9.63. The summed E-state index contributed by atoms with van der Waals surface area (Å²) < 4.78 is 1.03.